The predicted molar refractivity (Wildman–Crippen MR) is 70.1 cm³/mol. The number of aryl methyl sites for hydroxylation is 1. The van der Waals surface area contributed by atoms with Crippen LogP contribution in [0, 0.1) is 6.92 Å². The zero-order valence-corrected chi connectivity index (χ0v) is 11.1. The highest BCUT2D eigenvalue weighted by Gasteiger charge is 2.10. The van der Waals surface area contributed by atoms with Crippen LogP contribution in [-0.2, 0) is 0 Å². The molecule has 0 unspecified atom stereocenters. The number of nitrogens with zero attached hydrogens (tertiary/aromatic N) is 1. The molecule has 0 atom stereocenters. The molecular formula is C13H10BrNO3. The van der Waals surface area contributed by atoms with Crippen molar-refractivity contribution in [2.24, 2.45) is 0 Å². The Kier molecular flexibility index (Phi) is 3.62. The summed E-state index contributed by atoms with van der Waals surface area (Å²) in [4.78, 5) is 15.2. The summed E-state index contributed by atoms with van der Waals surface area (Å²) >= 11 is 3.18. The lowest BCUT2D eigenvalue weighted by Gasteiger charge is -2.07. The lowest BCUT2D eigenvalue weighted by atomic mass is 10.2. The van der Waals surface area contributed by atoms with Crippen molar-refractivity contribution in [3.8, 4) is 11.6 Å². The third-order valence-corrected chi connectivity index (χ3v) is 2.94. The average Bonchev–Trinajstić information content (AvgIpc) is 2.31. The molecule has 0 fully saturated rings. The molecule has 0 radical (unpaired) electrons. The number of rotatable bonds is 3. The first kappa shape index (κ1) is 12.6. The molecule has 5 heteroatoms. The third kappa shape index (κ3) is 2.87. The van der Waals surface area contributed by atoms with Gasteiger partial charge in [0.1, 0.15) is 5.75 Å². The summed E-state index contributed by atoms with van der Waals surface area (Å²) in [5.41, 5.74) is 0.989. The van der Waals surface area contributed by atoms with E-state index in [1.165, 1.54) is 6.07 Å². The summed E-state index contributed by atoms with van der Waals surface area (Å²) in [5.74, 6) is -0.133. The van der Waals surface area contributed by atoms with Crippen LogP contribution in [0.25, 0.3) is 0 Å². The van der Waals surface area contributed by atoms with Gasteiger partial charge >= 0.3 is 5.97 Å². The second kappa shape index (κ2) is 5.18. The Bertz CT molecular complexity index is 599. The lowest BCUT2D eigenvalue weighted by Crippen LogP contribution is -1.98. The van der Waals surface area contributed by atoms with Crippen molar-refractivity contribution in [1.29, 1.82) is 0 Å². The molecule has 0 saturated heterocycles. The molecule has 1 heterocycles. The van der Waals surface area contributed by atoms with Gasteiger partial charge in [0.2, 0.25) is 5.88 Å². The Balaban J connectivity index is 2.30. The summed E-state index contributed by atoms with van der Waals surface area (Å²) in [7, 11) is 0. The average molecular weight is 308 g/mol. The van der Waals surface area contributed by atoms with Gasteiger partial charge in [0, 0.05) is 16.2 Å². The van der Waals surface area contributed by atoms with E-state index in [-0.39, 0.29) is 5.56 Å². The van der Waals surface area contributed by atoms with Gasteiger partial charge < -0.3 is 9.84 Å². The molecule has 1 aromatic carbocycles. The molecule has 1 aromatic heterocycles. The van der Waals surface area contributed by atoms with Crippen molar-refractivity contribution in [3.63, 3.8) is 0 Å². The van der Waals surface area contributed by atoms with Gasteiger partial charge in [-0.1, -0.05) is 6.07 Å². The van der Waals surface area contributed by atoms with E-state index in [0.717, 1.165) is 5.69 Å². The summed E-state index contributed by atoms with van der Waals surface area (Å²) in [6.07, 6.45) is 0. The fraction of sp³-hybridized carbons (Fsp3) is 0.0769. The number of carboxylic acids is 1. The minimum Gasteiger partial charge on any atom is -0.478 e. The molecule has 2 rings (SSSR count). The highest BCUT2D eigenvalue weighted by Crippen LogP contribution is 2.25. The van der Waals surface area contributed by atoms with Crippen LogP contribution in [0.5, 0.6) is 11.6 Å². The molecule has 0 spiro atoms. The van der Waals surface area contributed by atoms with Crippen LogP contribution < -0.4 is 4.74 Å². The van der Waals surface area contributed by atoms with Crippen molar-refractivity contribution in [2.75, 3.05) is 0 Å². The molecule has 4 nitrogen and oxygen atoms in total. The van der Waals surface area contributed by atoms with Crippen LogP contribution >= 0.6 is 15.9 Å². The fourth-order valence-corrected chi connectivity index (χ4v) is 1.84. The number of carboxylic acid groups (broad SMARTS) is 1. The number of hydrogen-bond acceptors (Lipinski definition) is 3. The van der Waals surface area contributed by atoms with Crippen molar-refractivity contribution < 1.29 is 14.6 Å². The van der Waals surface area contributed by atoms with E-state index in [1.54, 1.807) is 18.2 Å². The fourth-order valence-electron chi connectivity index (χ4n) is 1.43. The van der Waals surface area contributed by atoms with Gasteiger partial charge in [0.15, 0.2) is 0 Å². The first-order valence-corrected chi connectivity index (χ1v) is 6.00. The van der Waals surface area contributed by atoms with Gasteiger partial charge in [-0.15, -0.1) is 0 Å². The normalized spacial score (nSPS) is 10.1. The van der Waals surface area contributed by atoms with Gasteiger partial charge in [-0.2, -0.15) is 0 Å². The van der Waals surface area contributed by atoms with Crippen LogP contribution in [0.2, 0.25) is 0 Å². The number of hydrogen-bond donors (Lipinski definition) is 1. The maximum Gasteiger partial charge on any atom is 0.336 e. The predicted octanol–water partition coefficient (Wildman–Crippen LogP) is 3.64. The van der Waals surface area contributed by atoms with Gasteiger partial charge in [0.25, 0.3) is 0 Å². The zero-order valence-electron chi connectivity index (χ0n) is 9.55. The maximum atomic E-state index is 11.0. The SMILES string of the molecule is Cc1cccc(Oc2ccc(Br)c(C(=O)O)c2)n1. The summed E-state index contributed by atoms with van der Waals surface area (Å²) < 4.78 is 6.02. The van der Waals surface area contributed by atoms with E-state index in [9.17, 15) is 4.79 Å². The molecular weight excluding hydrogens is 298 g/mol. The molecule has 0 saturated carbocycles. The minimum atomic E-state index is -1.01. The maximum absolute atomic E-state index is 11.0. The van der Waals surface area contributed by atoms with E-state index < -0.39 is 5.97 Å². The quantitative estimate of drug-likeness (QED) is 0.940. The van der Waals surface area contributed by atoms with Crippen molar-refractivity contribution in [3.05, 3.63) is 52.1 Å². The monoisotopic (exact) mass is 307 g/mol. The Labute approximate surface area is 112 Å². The standard InChI is InChI=1S/C13H10BrNO3/c1-8-3-2-4-12(15-8)18-9-5-6-11(14)10(7-9)13(16)17/h2-7H,1H3,(H,16,17). The minimum absolute atomic E-state index is 0.153. The first-order valence-electron chi connectivity index (χ1n) is 5.20. The number of benzene rings is 1. The van der Waals surface area contributed by atoms with E-state index in [2.05, 4.69) is 20.9 Å². The number of aromatic carboxylic acids is 1. The molecule has 18 heavy (non-hydrogen) atoms. The molecule has 2 aromatic rings. The van der Waals surface area contributed by atoms with Crippen LogP contribution in [0.15, 0.2) is 40.9 Å². The van der Waals surface area contributed by atoms with E-state index >= 15 is 0 Å². The smallest absolute Gasteiger partial charge is 0.336 e. The van der Waals surface area contributed by atoms with Gasteiger partial charge in [0.05, 0.1) is 5.56 Å². The highest BCUT2D eigenvalue weighted by molar-refractivity contribution is 9.10. The molecule has 92 valence electrons. The molecule has 0 aliphatic carbocycles. The van der Waals surface area contributed by atoms with Gasteiger partial charge in [-0.3, -0.25) is 0 Å². The Morgan fingerprint density at radius 1 is 1.33 bits per heavy atom. The zero-order chi connectivity index (χ0) is 13.1. The van der Waals surface area contributed by atoms with Crippen molar-refractivity contribution in [1.82, 2.24) is 4.98 Å². The number of pyridine rings is 1. The molecule has 0 aliphatic heterocycles. The second-order valence-corrected chi connectivity index (χ2v) is 4.52. The first-order chi connectivity index (χ1) is 8.56. The highest BCUT2D eigenvalue weighted by atomic mass is 79.9. The number of carbonyl (C=O) groups is 1. The Morgan fingerprint density at radius 3 is 2.78 bits per heavy atom. The van der Waals surface area contributed by atoms with Crippen molar-refractivity contribution in [2.45, 2.75) is 6.92 Å². The van der Waals surface area contributed by atoms with Crippen LogP contribution in [0.1, 0.15) is 16.1 Å². The van der Waals surface area contributed by atoms with Crippen molar-refractivity contribution >= 4 is 21.9 Å². The third-order valence-electron chi connectivity index (χ3n) is 2.25. The Morgan fingerprint density at radius 2 is 2.11 bits per heavy atom. The second-order valence-electron chi connectivity index (χ2n) is 3.67. The Hall–Kier alpha value is -1.88. The van der Waals surface area contributed by atoms with Crippen LogP contribution in [0.3, 0.4) is 0 Å². The van der Waals surface area contributed by atoms with E-state index in [1.807, 2.05) is 19.1 Å². The number of halogens is 1. The largest absolute Gasteiger partial charge is 0.478 e. The number of ether oxygens (including phenoxy) is 1. The summed E-state index contributed by atoms with van der Waals surface area (Å²) in [5, 5.41) is 9.00. The van der Waals surface area contributed by atoms with E-state index in [4.69, 9.17) is 9.84 Å². The summed E-state index contributed by atoms with van der Waals surface area (Å²) in [6, 6.07) is 10.2. The molecule has 0 bridgehead atoms. The van der Waals surface area contributed by atoms with Crippen LogP contribution in [0.4, 0.5) is 0 Å². The number of aromatic nitrogens is 1. The molecule has 0 amide bonds. The molecule has 1 N–H and O–H groups in total. The summed E-state index contributed by atoms with van der Waals surface area (Å²) in [6.45, 7) is 1.86. The van der Waals surface area contributed by atoms with Crippen LogP contribution in [-0.4, -0.2) is 16.1 Å². The van der Waals surface area contributed by atoms with Gasteiger partial charge in [-0.05, 0) is 47.1 Å². The topological polar surface area (TPSA) is 59.4 Å². The van der Waals surface area contributed by atoms with E-state index in [0.29, 0.717) is 16.1 Å². The molecule has 0 aliphatic rings. The van der Waals surface area contributed by atoms with Gasteiger partial charge in [-0.25, -0.2) is 9.78 Å². The lowest BCUT2D eigenvalue weighted by molar-refractivity contribution is 0.0695.